The Morgan fingerprint density at radius 3 is 2.67 bits per heavy atom. The number of hydrogen-bond donors (Lipinski definition) is 2. The first-order chi connectivity index (χ1) is 8.16. The largest absolute Gasteiger partial charge is 0.355 e. The zero-order valence-corrected chi connectivity index (χ0v) is 13.0. The number of hydrogen-bond acceptors (Lipinski definition) is 3. The molecule has 1 rings (SSSR count). The minimum absolute atomic E-state index is 0. The van der Waals surface area contributed by atoms with Gasteiger partial charge in [-0.2, -0.15) is 11.8 Å². The van der Waals surface area contributed by atoms with Gasteiger partial charge in [-0.15, -0.1) is 12.4 Å². The summed E-state index contributed by atoms with van der Waals surface area (Å²) in [4.78, 5) is 11.6. The fraction of sp³-hybridized carbons (Fsp3) is 0.923. The van der Waals surface area contributed by atoms with Crippen LogP contribution in [-0.2, 0) is 4.79 Å². The zero-order chi connectivity index (χ0) is 12.6. The van der Waals surface area contributed by atoms with Gasteiger partial charge in [-0.3, -0.25) is 4.79 Å². The molecule has 5 heteroatoms. The summed E-state index contributed by atoms with van der Waals surface area (Å²) >= 11 is 1.99. The molecule has 108 valence electrons. The van der Waals surface area contributed by atoms with E-state index in [0.29, 0.717) is 6.42 Å². The summed E-state index contributed by atoms with van der Waals surface area (Å²) in [5.41, 5.74) is 5.42. The van der Waals surface area contributed by atoms with Crippen LogP contribution >= 0.6 is 24.2 Å². The molecular weight excluding hydrogens is 268 g/mol. The average Bonchev–Trinajstić information content (AvgIpc) is 2.74. The average molecular weight is 295 g/mol. The molecule has 0 aromatic rings. The molecule has 1 fully saturated rings. The number of carbonyl (C=O) groups is 1. The van der Waals surface area contributed by atoms with E-state index in [1.807, 2.05) is 11.8 Å². The number of thioether (sulfide) groups is 1. The van der Waals surface area contributed by atoms with Gasteiger partial charge in [0, 0.05) is 17.7 Å². The molecule has 0 bridgehead atoms. The van der Waals surface area contributed by atoms with Crippen LogP contribution in [0.15, 0.2) is 0 Å². The maximum absolute atomic E-state index is 11.6. The van der Waals surface area contributed by atoms with E-state index in [-0.39, 0.29) is 23.1 Å². The lowest BCUT2D eigenvalue weighted by Crippen LogP contribution is -2.36. The molecule has 0 aromatic heterocycles. The Balaban J connectivity index is 0.00000289. The van der Waals surface area contributed by atoms with Gasteiger partial charge in [-0.1, -0.05) is 12.8 Å². The molecule has 18 heavy (non-hydrogen) atoms. The minimum atomic E-state index is 0. The second kappa shape index (κ2) is 9.93. The first kappa shape index (κ1) is 18.1. The Bertz CT molecular complexity index is 233. The van der Waals surface area contributed by atoms with E-state index in [1.165, 1.54) is 18.6 Å². The first-order valence-electron chi connectivity index (χ1n) is 6.77. The zero-order valence-electron chi connectivity index (χ0n) is 11.4. The van der Waals surface area contributed by atoms with Crippen LogP contribution in [0.1, 0.15) is 51.9 Å². The number of halogens is 1. The van der Waals surface area contributed by atoms with Crippen LogP contribution in [0, 0.1) is 0 Å². The van der Waals surface area contributed by atoms with Gasteiger partial charge in [0.05, 0.1) is 0 Å². The molecule has 0 spiro atoms. The molecular formula is C13H27ClN2OS. The predicted molar refractivity (Wildman–Crippen MR) is 82.5 cm³/mol. The van der Waals surface area contributed by atoms with Crippen LogP contribution in [0.2, 0.25) is 0 Å². The van der Waals surface area contributed by atoms with Crippen molar-refractivity contribution in [3.63, 3.8) is 0 Å². The lowest BCUT2D eigenvalue weighted by molar-refractivity contribution is -0.121. The molecule has 0 aromatic carbocycles. The summed E-state index contributed by atoms with van der Waals surface area (Å²) in [6.45, 7) is 3.85. The van der Waals surface area contributed by atoms with Crippen LogP contribution in [-0.4, -0.2) is 29.5 Å². The number of carbonyl (C=O) groups excluding carboxylic acids is 1. The molecule has 1 amide bonds. The fourth-order valence-corrected chi connectivity index (χ4v) is 3.38. The third-order valence-corrected chi connectivity index (χ3v) is 4.86. The summed E-state index contributed by atoms with van der Waals surface area (Å²) in [6.07, 6.45) is 7.54. The lowest BCUT2D eigenvalue weighted by Gasteiger charge is -2.22. The number of unbranched alkanes of at least 4 members (excludes halogenated alkanes) is 3. The smallest absolute Gasteiger partial charge is 0.220 e. The van der Waals surface area contributed by atoms with E-state index in [9.17, 15) is 4.79 Å². The summed E-state index contributed by atoms with van der Waals surface area (Å²) in [5, 5.41) is 3.07. The molecule has 1 atom stereocenters. The van der Waals surface area contributed by atoms with Crippen molar-refractivity contribution in [1.29, 1.82) is 0 Å². The van der Waals surface area contributed by atoms with Crippen molar-refractivity contribution in [1.82, 2.24) is 5.32 Å². The quantitative estimate of drug-likeness (QED) is 0.677. The van der Waals surface area contributed by atoms with Crippen molar-refractivity contribution in [3.8, 4) is 0 Å². The normalized spacial score (nSPS) is 22.6. The maximum atomic E-state index is 11.6. The highest BCUT2D eigenvalue weighted by atomic mass is 35.5. The number of nitrogens with one attached hydrogen (secondary N) is 1. The Hall–Kier alpha value is 0.0700. The standard InChI is InChI=1S/C13H26N2OS.ClH/c1-13(8-6-10-17-13)11-15-12(16)7-4-2-3-5-9-14;/h2-11,14H2,1H3,(H,15,16);1H. The van der Waals surface area contributed by atoms with Gasteiger partial charge in [0.15, 0.2) is 0 Å². The van der Waals surface area contributed by atoms with Crippen molar-refractivity contribution >= 4 is 30.1 Å². The molecule has 0 radical (unpaired) electrons. The molecule has 1 aliphatic heterocycles. The Kier molecular flexibility index (Phi) is 9.97. The van der Waals surface area contributed by atoms with Crippen molar-refractivity contribution < 1.29 is 4.79 Å². The molecule has 1 saturated heterocycles. The second-order valence-corrected chi connectivity index (χ2v) is 6.81. The van der Waals surface area contributed by atoms with Crippen molar-refractivity contribution in [2.45, 2.75) is 56.6 Å². The Morgan fingerprint density at radius 1 is 1.33 bits per heavy atom. The fourth-order valence-electron chi connectivity index (χ4n) is 2.13. The molecule has 3 nitrogen and oxygen atoms in total. The van der Waals surface area contributed by atoms with Crippen LogP contribution in [0.5, 0.6) is 0 Å². The van der Waals surface area contributed by atoms with E-state index in [0.717, 1.165) is 38.8 Å². The Labute approximate surface area is 121 Å². The van der Waals surface area contributed by atoms with E-state index in [4.69, 9.17) is 5.73 Å². The third-order valence-electron chi connectivity index (χ3n) is 3.32. The molecule has 1 heterocycles. The van der Waals surface area contributed by atoms with E-state index >= 15 is 0 Å². The van der Waals surface area contributed by atoms with Crippen molar-refractivity contribution in [2.75, 3.05) is 18.8 Å². The maximum Gasteiger partial charge on any atom is 0.220 e. The lowest BCUT2D eigenvalue weighted by atomic mass is 10.1. The molecule has 3 N–H and O–H groups in total. The number of rotatable bonds is 8. The topological polar surface area (TPSA) is 55.1 Å². The van der Waals surface area contributed by atoms with E-state index in [1.54, 1.807) is 0 Å². The van der Waals surface area contributed by atoms with E-state index < -0.39 is 0 Å². The SMILES string of the molecule is CC1(CNC(=O)CCCCCCN)CCCS1.Cl. The highest BCUT2D eigenvalue weighted by Gasteiger charge is 2.29. The first-order valence-corrected chi connectivity index (χ1v) is 7.75. The summed E-state index contributed by atoms with van der Waals surface area (Å²) in [5.74, 6) is 1.46. The van der Waals surface area contributed by atoms with Crippen LogP contribution in [0.25, 0.3) is 0 Å². The van der Waals surface area contributed by atoms with E-state index in [2.05, 4.69) is 12.2 Å². The van der Waals surface area contributed by atoms with Crippen LogP contribution < -0.4 is 11.1 Å². The van der Waals surface area contributed by atoms with Crippen LogP contribution in [0.3, 0.4) is 0 Å². The van der Waals surface area contributed by atoms with Gasteiger partial charge in [0.25, 0.3) is 0 Å². The highest BCUT2D eigenvalue weighted by molar-refractivity contribution is 8.00. The van der Waals surface area contributed by atoms with Gasteiger partial charge in [-0.25, -0.2) is 0 Å². The van der Waals surface area contributed by atoms with Gasteiger partial charge in [0.2, 0.25) is 5.91 Å². The summed E-state index contributed by atoms with van der Waals surface area (Å²) in [7, 11) is 0. The molecule has 0 aliphatic carbocycles. The highest BCUT2D eigenvalue weighted by Crippen LogP contribution is 2.36. The summed E-state index contributed by atoms with van der Waals surface area (Å²) < 4.78 is 0.287. The molecule has 1 unspecified atom stereocenters. The van der Waals surface area contributed by atoms with Gasteiger partial charge in [-0.05, 0) is 44.9 Å². The number of nitrogens with two attached hydrogens (primary N) is 1. The Morgan fingerprint density at radius 2 is 2.06 bits per heavy atom. The predicted octanol–water partition coefficient (Wildman–Crippen LogP) is 2.72. The molecule has 0 saturated carbocycles. The van der Waals surface area contributed by atoms with Gasteiger partial charge >= 0.3 is 0 Å². The van der Waals surface area contributed by atoms with Crippen molar-refractivity contribution in [3.05, 3.63) is 0 Å². The summed E-state index contributed by atoms with van der Waals surface area (Å²) in [6, 6.07) is 0. The number of amides is 1. The third kappa shape index (κ3) is 7.49. The monoisotopic (exact) mass is 294 g/mol. The second-order valence-electron chi connectivity index (χ2n) is 5.13. The van der Waals surface area contributed by atoms with Crippen LogP contribution in [0.4, 0.5) is 0 Å². The van der Waals surface area contributed by atoms with Gasteiger partial charge in [0.1, 0.15) is 0 Å². The van der Waals surface area contributed by atoms with Gasteiger partial charge < -0.3 is 11.1 Å². The van der Waals surface area contributed by atoms with Crippen molar-refractivity contribution in [2.24, 2.45) is 5.73 Å². The minimum Gasteiger partial charge on any atom is -0.355 e. The molecule has 1 aliphatic rings.